The van der Waals surface area contributed by atoms with Gasteiger partial charge in [-0.1, -0.05) is 13.8 Å². The van der Waals surface area contributed by atoms with E-state index >= 15 is 0 Å². The van der Waals surface area contributed by atoms with E-state index in [1.807, 2.05) is 13.8 Å². The highest BCUT2D eigenvalue weighted by atomic mass is 35.5. The smallest absolute Gasteiger partial charge is 0.154 e. The number of rotatable bonds is 3. The van der Waals surface area contributed by atoms with Crippen molar-refractivity contribution in [2.24, 2.45) is 5.92 Å². The predicted molar refractivity (Wildman–Crippen MR) is 57.1 cm³/mol. The average Bonchev–Trinajstić information content (AvgIpc) is 2.32. The van der Waals surface area contributed by atoms with Gasteiger partial charge in [-0.05, 0) is 18.9 Å². The maximum absolute atomic E-state index is 11.6. The molecule has 1 saturated heterocycles. The lowest BCUT2D eigenvalue weighted by atomic mass is 10.3. The summed E-state index contributed by atoms with van der Waals surface area (Å²) in [6, 6.07) is 0. The maximum Gasteiger partial charge on any atom is 0.154 e. The third-order valence-electron chi connectivity index (χ3n) is 2.09. The lowest BCUT2D eigenvalue weighted by Crippen LogP contribution is -2.28. The van der Waals surface area contributed by atoms with Gasteiger partial charge in [0.15, 0.2) is 9.84 Å². The molecule has 0 radical (unpaired) electrons. The molecule has 1 aliphatic heterocycles. The van der Waals surface area contributed by atoms with Crippen molar-refractivity contribution in [2.75, 3.05) is 18.8 Å². The molecule has 3 nitrogen and oxygen atoms in total. The molecule has 0 aromatic rings. The monoisotopic (exact) mass is 227 g/mol. The average molecular weight is 228 g/mol. The summed E-state index contributed by atoms with van der Waals surface area (Å²) in [6.45, 7) is 5.39. The number of nitrogens with one attached hydrogen (secondary N) is 1. The minimum absolute atomic E-state index is 0. The fourth-order valence-electron chi connectivity index (χ4n) is 1.54. The molecule has 1 fully saturated rings. The first-order chi connectivity index (χ1) is 5.52. The molecule has 5 heteroatoms. The summed E-state index contributed by atoms with van der Waals surface area (Å²) < 4.78 is 23.2. The number of hydrogen-bond donors (Lipinski definition) is 1. The maximum atomic E-state index is 11.6. The summed E-state index contributed by atoms with van der Waals surface area (Å²) in [5, 5.41) is 2.95. The van der Waals surface area contributed by atoms with E-state index < -0.39 is 9.84 Å². The minimum Gasteiger partial charge on any atom is -0.315 e. The zero-order valence-corrected chi connectivity index (χ0v) is 9.75. The van der Waals surface area contributed by atoms with Crippen LogP contribution in [0.15, 0.2) is 0 Å². The first-order valence-corrected chi connectivity index (χ1v) is 6.16. The van der Waals surface area contributed by atoms with Crippen LogP contribution in [-0.2, 0) is 9.84 Å². The van der Waals surface area contributed by atoms with Crippen LogP contribution in [0.3, 0.4) is 0 Å². The highest BCUT2D eigenvalue weighted by molar-refractivity contribution is 7.92. The Balaban J connectivity index is 0.00000144. The fraction of sp³-hybridized carbons (Fsp3) is 1.00. The zero-order valence-electron chi connectivity index (χ0n) is 8.12. The van der Waals surface area contributed by atoms with Gasteiger partial charge < -0.3 is 5.32 Å². The molecule has 0 aliphatic carbocycles. The summed E-state index contributed by atoms with van der Waals surface area (Å²) in [6.07, 6.45) is 0.787. The van der Waals surface area contributed by atoms with Crippen LogP contribution in [0.1, 0.15) is 20.3 Å². The molecule has 1 unspecified atom stereocenters. The summed E-state index contributed by atoms with van der Waals surface area (Å²) >= 11 is 0. The van der Waals surface area contributed by atoms with Crippen molar-refractivity contribution < 1.29 is 8.42 Å². The van der Waals surface area contributed by atoms with Gasteiger partial charge in [0.05, 0.1) is 11.0 Å². The van der Waals surface area contributed by atoms with Gasteiger partial charge in [-0.15, -0.1) is 12.4 Å². The van der Waals surface area contributed by atoms with Crippen LogP contribution < -0.4 is 5.32 Å². The Morgan fingerprint density at radius 1 is 1.46 bits per heavy atom. The van der Waals surface area contributed by atoms with Crippen molar-refractivity contribution in [1.29, 1.82) is 0 Å². The molecule has 1 aliphatic rings. The van der Waals surface area contributed by atoms with E-state index in [2.05, 4.69) is 5.32 Å². The Bertz CT molecular complexity index is 233. The Morgan fingerprint density at radius 2 is 2.08 bits per heavy atom. The van der Waals surface area contributed by atoms with E-state index in [0.717, 1.165) is 13.0 Å². The fourth-order valence-corrected chi connectivity index (χ4v) is 3.59. The summed E-state index contributed by atoms with van der Waals surface area (Å²) in [5.41, 5.74) is 0. The minimum atomic E-state index is -2.82. The Labute approximate surface area is 86.6 Å². The van der Waals surface area contributed by atoms with E-state index in [1.54, 1.807) is 0 Å². The Kier molecular flexibility index (Phi) is 5.25. The molecule has 0 bridgehead atoms. The van der Waals surface area contributed by atoms with E-state index in [9.17, 15) is 8.42 Å². The molecule has 0 aromatic heterocycles. The van der Waals surface area contributed by atoms with Crippen molar-refractivity contribution in [3.8, 4) is 0 Å². The summed E-state index contributed by atoms with van der Waals surface area (Å²) in [4.78, 5) is 0. The molecule has 80 valence electrons. The first kappa shape index (κ1) is 13.2. The Morgan fingerprint density at radius 3 is 2.46 bits per heavy atom. The highest BCUT2D eigenvalue weighted by Crippen LogP contribution is 2.13. The zero-order chi connectivity index (χ0) is 9.19. The van der Waals surface area contributed by atoms with Gasteiger partial charge in [-0.3, -0.25) is 0 Å². The number of sulfone groups is 1. The molecule has 0 aromatic carbocycles. The third kappa shape index (κ3) is 3.83. The molecule has 1 N–H and O–H groups in total. The lowest BCUT2D eigenvalue weighted by Gasteiger charge is -2.11. The second-order valence-corrected chi connectivity index (χ2v) is 6.16. The third-order valence-corrected chi connectivity index (χ3v) is 4.64. The lowest BCUT2D eigenvalue weighted by molar-refractivity contribution is 0.569. The highest BCUT2D eigenvalue weighted by Gasteiger charge is 2.28. The van der Waals surface area contributed by atoms with Gasteiger partial charge in [0.2, 0.25) is 0 Å². The van der Waals surface area contributed by atoms with Gasteiger partial charge in [0, 0.05) is 6.54 Å². The van der Waals surface area contributed by atoms with E-state index in [1.165, 1.54) is 0 Å². The standard InChI is InChI=1S/C8H17NO2S.ClH/c1-7(2)6-12(10,11)8-3-4-9-5-8;/h7-9H,3-6H2,1-2H3;1H. The Hall–Kier alpha value is 0.200. The van der Waals surface area contributed by atoms with Crippen LogP contribution in [0, 0.1) is 5.92 Å². The van der Waals surface area contributed by atoms with Crippen molar-refractivity contribution in [3.63, 3.8) is 0 Å². The topological polar surface area (TPSA) is 46.2 Å². The van der Waals surface area contributed by atoms with Gasteiger partial charge in [0.1, 0.15) is 0 Å². The van der Waals surface area contributed by atoms with E-state index in [4.69, 9.17) is 0 Å². The van der Waals surface area contributed by atoms with Crippen molar-refractivity contribution in [3.05, 3.63) is 0 Å². The summed E-state index contributed by atoms with van der Waals surface area (Å²) in [5.74, 6) is 0.579. The molecule has 13 heavy (non-hydrogen) atoms. The number of halogens is 1. The van der Waals surface area contributed by atoms with Crippen LogP contribution in [0.25, 0.3) is 0 Å². The SMILES string of the molecule is CC(C)CS(=O)(=O)C1CCNC1.Cl. The van der Waals surface area contributed by atoms with Crippen molar-refractivity contribution >= 4 is 22.2 Å². The largest absolute Gasteiger partial charge is 0.315 e. The van der Waals surface area contributed by atoms with Crippen molar-refractivity contribution in [1.82, 2.24) is 5.32 Å². The quantitative estimate of drug-likeness (QED) is 0.778. The molecule has 1 heterocycles. The normalized spacial score (nSPS) is 23.2. The molecule has 0 spiro atoms. The second-order valence-electron chi connectivity index (χ2n) is 3.84. The number of hydrogen-bond acceptors (Lipinski definition) is 3. The van der Waals surface area contributed by atoms with E-state index in [-0.39, 0.29) is 23.6 Å². The molecular formula is C8H18ClNO2S. The van der Waals surface area contributed by atoms with Gasteiger partial charge in [0.25, 0.3) is 0 Å². The molecule has 1 rings (SSSR count). The van der Waals surface area contributed by atoms with Crippen LogP contribution in [0.5, 0.6) is 0 Å². The second kappa shape index (κ2) is 5.17. The van der Waals surface area contributed by atoms with E-state index in [0.29, 0.717) is 12.3 Å². The molecule has 0 saturated carbocycles. The van der Waals surface area contributed by atoms with Crippen molar-refractivity contribution in [2.45, 2.75) is 25.5 Å². The molecule has 0 amide bonds. The van der Waals surface area contributed by atoms with Gasteiger partial charge in [-0.2, -0.15) is 0 Å². The van der Waals surface area contributed by atoms with Crippen LogP contribution in [-0.4, -0.2) is 32.5 Å². The van der Waals surface area contributed by atoms with Crippen LogP contribution in [0.4, 0.5) is 0 Å². The first-order valence-electron chi connectivity index (χ1n) is 4.44. The summed E-state index contributed by atoms with van der Waals surface area (Å²) in [7, 11) is -2.82. The van der Waals surface area contributed by atoms with Gasteiger partial charge >= 0.3 is 0 Å². The van der Waals surface area contributed by atoms with Crippen LogP contribution >= 0.6 is 12.4 Å². The van der Waals surface area contributed by atoms with Crippen LogP contribution in [0.2, 0.25) is 0 Å². The molecular weight excluding hydrogens is 210 g/mol. The van der Waals surface area contributed by atoms with Gasteiger partial charge in [-0.25, -0.2) is 8.42 Å². The predicted octanol–water partition coefficient (Wildman–Crippen LogP) is 0.841. The molecule has 1 atom stereocenters.